The summed E-state index contributed by atoms with van der Waals surface area (Å²) in [5, 5.41) is 8.95. The summed E-state index contributed by atoms with van der Waals surface area (Å²) in [4.78, 5) is 1.31. The monoisotopic (exact) mass is 588 g/mol. The fourth-order valence-corrected chi connectivity index (χ4v) is 8.28. The molecule has 1 heterocycles. The van der Waals surface area contributed by atoms with E-state index < -0.39 is 0 Å². The van der Waals surface area contributed by atoms with Crippen molar-refractivity contribution in [2.75, 3.05) is 0 Å². The predicted molar refractivity (Wildman–Crippen MR) is 196 cm³/mol. The van der Waals surface area contributed by atoms with Gasteiger partial charge in [0.15, 0.2) is 0 Å². The van der Waals surface area contributed by atoms with E-state index in [-0.39, 0.29) is 0 Å². The first kappa shape index (κ1) is 25.9. The zero-order valence-corrected chi connectivity index (χ0v) is 25.4. The molecule has 0 aliphatic rings. The molecule has 0 nitrogen and oxygen atoms in total. The Balaban J connectivity index is 1.45. The zero-order valence-electron chi connectivity index (χ0n) is 24.6. The van der Waals surface area contributed by atoms with Crippen LogP contribution in [0.4, 0.5) is 0 Å². The van der Waals surface area contributed by atoms with Gasteiger partial charge in [0.2, 0.25) is 0 Å². The van der Waals surface area contributed by atoms with E-state index in [2.05, 4.69) is 170 Å². The topological polar surface area (TPSA) is 0 Å². The molecule has 8 aromatic carbocycles. The van der Waals surface area contributed by atoms with Crippen LogP contribution in [-0.4, -0.2) is 0 Å². The van der Waals surface area contributed by atoms with Crippen LogP contribution in [0.25, 0.3) is 86.2 Å². The summed E-state index contributed by atoms with van der Waals surface area (Å²) in [6, 6.07) is 62.1. The molecule has 0 atom stereocenters. The van der Waals surface area contributed by atoms with Gasteiger partial charge in [-0.1, -0.05) is 158 Å². The van der Waals surface area contributed by atoms with Gasteiger partial charge in [-0.2, -0.15) is 0 Å². The van der Waals surface area contributed by atoms with Crippen LogP contribution in [0.15, 0.2) is 170 Å². The zero-order chi connectivity index (χ0) is 29.7. The average molecular weight is 589 g/mol. The number of rotatable bonds is 4. The largest absolute Gasteiger partial charge is 0.135 e. The van der Waals surface area contributed by atoms with Crippen molar-refractivity contribution < 1.29 is 0 Å². The summed E-state index contributed by atoms with van der Waals surface area (Å²) in [6.07, 6.45) is 0. The van der Waals surface area contributed by atoms with Crippen molar-refractivity contribution in [1.82, 2.24) is 0 Å². The van der Waals surface area contributed by atoms with Crippen molar-refractivity contribution in [3.05, 3.63) is 170 Å². The third-order valence-electron chi connectivity index (χ3n) is 9.07. The molecule has 0 amide bonds. The summed E-state index contributed by atoms with van der Waals surface area (Å²) in [5.74, 6) is 0. The van der Waals surface area contributed by atoms with Crippen LogP contribution in [0.5, 0.6) is 0 Å². The third-order valence-corrected chi connectivity index (χ3v) is 10.3. The fourth-order valence-electron chi connectivity index (χ4n) is 7.08. The Hall–Kier alpha value is -5.50. The number of benzene rings is 8. The summed E-state index contributed by atoms with van der Waals surface area (Å²) in [5.41, 5.74) is 8.92. The van der Waals surface area contributed by atoms with Crippen LogP contribution in [0, 0.1) is 0 Å². The highest BCUT2D eigenvalue weighted by atomic mass is 32.1. The van der Waals surface area contributed by atoms with E-state index >= 15 is 0 Å². The van der Waals surface area contributed by atoms with Gasteiger partial charge in [-0.25, -0.2) is 0 Å². The van der Waals surface area contributed by atoms with E-state index in [1.165, 1.54) is 86.2 Å². The number of fused-ring (bicyclic) bond motifs is 4. The molecule has 1 heteroatoms. The lowest BCUT2D eigenvalue weighted by Gasteiger charge is -2.19. The average Bonchev–Trinajstić information content (AvgIpc) is 3.49. The predicted octanol–water partition coefficient (Wildman–Crippen LogP) is 13.0. The van der Waals surface area contributed by atoms with Crippen LogP contribution in [-0.2, 0) is 0 Å². The second kappa shape index (κ2) is 10.6. The van der Waals surface area contributed by atoms with Crippen LogP contribution in [0.2, 0.25) is 0 Å². The van der Waals surface area contributed by atoms with Crippen molar-refractivity contribution in [2.45, 2.75) is 0 Å². The Kier molecular flexibility index (Phi) is 6.11. The molecular weight excluding hydrogens is 561 g/mol. The molecule has 0 saturated heterocycles. The van der Waals surface area contributed by atoms with Gasteiger partial charge < -0.3 is 0 Å². The fraction of sp³-hybridized carbons (Fsp3) is 0. The Bertz CT molecular complexity index is 2460. The van der Waals surface area contributed by atoms with Gasteiger partial charge in [0.25, 0.3) is 0 Å². The molecule has 0 aliphatic carbocycles. The van der Waals surface area contributed by atoms with E-state index in [1.54, 1.807) is 0 Å². The van der Waals surface area contributed by atoms with E-state index in [1.807, 2.05) is 11.3 Å². The number of thiophene rings is 1. The lowest BCUT2D eigenvalue weighted by Crippen LogP contribution is -1.92. The molecule has 0 bridgehead atoms. The third kappa shape index (κ3) is 4.20. The van der Waals surface area contributed by atoms with Crippen molar-refractivity contribution in [1.29, 1.82) is 0 Å². The van der Waals surface area contributed by atoms with Gasteiger partial charge in [-0.3, -0.25) is 0 Å². The normalized spacial score (nSPS) is 11.6. The molecule has 0 spiro atoms. The molecule has 9 aromatic rings. The molecule has 0 radical (unpaired) electrons. The first-order valence-electron chi connectivity index (χ1n) is 15.4. The van der Waals surface area contributed by atoms with Crippen molar-refractivity contribution >= 4 is 53.7 Å². The molecule has 45 heavy (non-hydrogen) atoms. The van der Waals surface area contributed by atoms with Crippen molar-refractivity contribution in [2.24, 2.45) is 0 Å². The molecular formula is C44H28S. The Labute approximate surface area is 266 Å². The maximum Gasteiger partial charge on any atom is 0.0434 e. The van der Waals surface area contributed by atoms with Gasteiger partial charge in [0.05, 0.1) is 0 Å². The number of hydrogen-bond donors (Lipinski definition) is 0. The van der Waals surface area contributed by atoms with Crippen LogP contribution >= 0.6 is 11.3 Å². The van der Waals surface area contributed by atoms with Gasteiger partial charge in [-0.15, -0.1) is 11.3 Å². The second-order valence-corrected chi connectivity index (χ2v) is 12.7. The van der Waals surface area contributed by atoms with Gasteiger partial charge in [0.1, 0.15) is 0 Å². The molecule has 0 aliphatic heterocycles. The van der Waals surface area contributed by atoms with Crippen LogP contribution in [0.3, 0.4) is 0 Å². The Morgan fingerprint density at radius 1 is 0.311 bits per heavy atom. The van der Waals surface area contributed by atoms with Gasteiger partial charge in [0, 0.05) is 20.5 Å². The minimum atomic E-state index is 1.24. The van der Waals surface area contributed by atoms with Crippen LogP contribution in [0.1, 0.15) is 0 Å². The highest BCUT2D eigenvalue weighted by Crippen LogP contribution is 2.52. The maximum atomic E-state index is 2.41. The van der Waals surface area contributed by atoms with Gasteiger partial charge >= 0.3 is 0 Å². The highest BCUT2D eigenvalue weighted by Gasteiger charge is 2.23. The summed E-state index contributed by atoms with van der Waals surface area (Å²) in [6.45, 7) is 0. The van der Waals surface area contributed by atoms with Crippen molar-refractivity contribution in [3.8, 4) is 43.8 Å². The minimum Gasteiger partial charge on any atom is -0.135 e. The first-order chi connectivity index (χ1) is 22.3. The molecule has 9 rings (SSSR count). The van der Waals surface area contributed by atoms with Crippen molar-refractivity contribution in [3.63, 3.8) is 0 Å². The lowest BCUT2D eigenvalue weighted by atomic mass is 9.83. The van der Waals surface area contributed by atoms with E-state index in [9.17, 15) is 0 Å². The molecule has 0 unspecified atom stereocenters. The minimum absolute atomic E-state index is 1.24. The Morgan fingerprint density at radius 3 is 1.51 bits per heavy atom. The maximum absolute atomic E-state index is 2.41. The number of hydrogen-bond acceptors (Lipinski definition) is 1. The molecule has 1 aromatic heterocycles. The summed E-state index contributed by atoms with van der Waals surface area (Å²) in [7, 11) is 0. The second-order valence-electron chi connectivity index (χ2n) is 11.6. The smallest absolute Gasteiger partial charge is 0.0434 e. The van der Waals surface area contributed by atoms with Gasteiger partial charge in [-0.05, 0) is 77.8 Å². The lowest BCUT2D eigenvalue weighted by molar-refractivity contribution is 1.65. The first-order valence-corrected chi connectivity index (χ1v) is 16.3. The van der Waals surface area contributed by atoms with E-state index in [0.29, 0.717) is 0 Å². The molecule has 0 fully saturated rings. The SMILES string of the molecule is c1ccc(-c2ccc3sc(-c4ccccc4)c(-c4c5ccccc5c(-c5cccc6ccccc56)c5ccccc45)c3c2)cc1. The standard InChI is InChI=1S/C44H28S/c1-3-14-29(15-4-1)32-26-27-40-39(28-32)43(44(45-40)31-17-5-2-6-18-31)42-37-23-11-9-21-35(37)41(36-22-10-12-24-38(36)42)34-25-13-19-30-16-7-8-20-33(30)34/h1-28H. The summed E-state index contributed by atoms with van der Waals surface area (Å²) >= 11 is 1.90. The molecule has 0 saturated carbocycles. The van der Waals surface area contributed by atoms with E-state index in [0.717, 1.165) is 0 Å². The van der Waals surface area contributed by atoms with E-state index in [4.69, 9.17) is 0 Å². The Morgan fingerprint density at radius 2 is 0.844 bits per heavy atom. The molecule has 210 valence electrons. The highest BCUT2D eigenvalue weighted by molar-refractivity contribution is 7.23. The summed E-state index contributed by atoms with van der Waals surface area (Å²) < 4.78 is 1.30. The van der Waals surface area contributed by atoms with Crippen LogP contribution < -0.4 is 0 Å². The quantitative estimate of drug-likeness (QED) is 0.179. The molecule has 0 N–H and O–H groups in total.